The van der Waals surface area contributed by atoms with E-state index in [-0.39, 0.29) is 0 Å². The molecule has 1 saturated heterocycles. The van der Waals surface area contributed by atoms with E-state index in [2.05, 4.69) is 27.8 Å². The molecule has 2 rings (SSSR count). The average Bonchev–Trinajstić information content (AvgIpc) is 2.71. The van der Waals surface area contributed by atoms with Crippen LogP contribution in [-0.2, 0) is 6.54 Å². The van der Waals surface area contributed by atoms with Crippen molar-refractivity contribution in [2.45, 2.75) is 26.3 Å². The number of phenolic OH excluding ortho intramolecular Hbond substituents is 1. The standard InChI is InChI=1S/C13H18BrNO/c1-2-10-5-6-15(8-10)9-11-7-12(16)3-4-13(11)14/h3-4,7,10,16H,2,5-6,8-9H2,1H3. The Hall–Kier alpha value is -0.540. The lowest BCUT2D eigenvalue weighted by Crippen LogP contribution is -2.20. The average molecular weight is 284 g/mol. The first-order valence-corrected chi connectivity index (χ1v) is 6.68. The Balaban J connectivity index is 2.01. The van der Waals surface area contributed by atoms with E-state index in [9.17, 15) is 5.11 Å². The van der Waals surface area contributed by atoms with Crippen LogP contribution in [-0.4, -0.2) is 23.1 Å². The van der Waals surface area contributed by atoms with Gasteiger partial charge in [0.2, 0.25) is 0 Å². The van der Waals surface area contributed by atoms with Gasteiger partial charge in [-0.15, -0.1) is 0 Å². The van der Waals surface area contributed by atoms with E-state index in [4.69, 9.17) is 0 Å². The van der Waals surface area contributed by atoms with E-state index >= 15 is 0 Å². The maximum Gasteiger partial charge on any atom is 0.115 e. The molecule has 1 atom stereocenters. The molecule has 0 spiro atoms. The van der Waals surface area contributed by atoms with E-state index in [0.29, 0.717) is 5.75 Å². The van der Waals surface area contributed by atoms with Crippen molar-refractivity contribution in [3.05, 3.63) is 28.2 Å². The van der Waals surface area contributed by atoms with Crippen LogP contribution in [0.1, 0.15) is 25.3 Å². The monoisotopic (exact) mass is 283 g/mol. The molecule has 1 fully saturated rings. The van der Waals surface area contributed by atoms with Crippen LogP contribution in [0.15, 0.2) is 22.7 Å². The maximum absolute atomic E-state index is 9.47. The number of aromatic hydroxyl groups is 1. The van der Waals surface area contributed by atoms with Crippen LogP contribution < -0.4 is 0 Å². The third-order valence-corrected chi connectivity index (χ3v) is 4.14. The molecule has 1 aromatic rings. The largest absolute Gasteiger partial charge is 0.508 e. The zero-order chi connectivity index (χ0) is 11.5. The Morgan fingerprint density at radius 3 is 3.00 bits per heavy atom. The summed E-state index contributed by atoms with van der Waals surface area (Å²) in [5.41, 5.74) is 1.18. The molecule has 0 aliphatic carbocycles. The van der Waals surface area contributed by atoms with Gasteiger partial charge >= 0.3 is 0 Å². The lowest BCUT2D eigenvalue weighted by atomic mass is 10.1. The fourth-order valence-corrected chi connectivity index (χ4v) is 2.68. The number of likely N-dealkylation sites (tertiary alicyclic amines) is 1. The minimum Gasteiger partial charge on any atom is -0.508 e. The number of hydrogen-bond acceptors (Lipinski definition) is 2. The third-order valence-electron chi connectivity index (χ3n) is 3.37. The zero-order valence-corrected chi connectivity index (χ0v) is 11.2. The van der Waals surface area contributed by atoms with E-state index < -0.39 is 0 Å². The number of nitrogens with zero attached hydrogens (tertiary/aromatic N) is 1. The van der Waals surface area contributed by atoms with Gasteiger partial charge in [-0.05, 0) is 42.6 Å². The van der Waals surface area contributed by atoms with Crippen molar-refractivity contribution >= 4 is 15.9 Å². The number of benzene rings is 1. The summed E-state index contributed by atoms with van der Waals surface area (Å²) in [7, 11) is 0. The van der Waals surface area contributed by atoms with Crippen LogP contribution in [0.4, 0.5) is 0 Å². The maximum atomic E-state index is 9.47. The van der Waals surface area contributed by atoms with Crippen LogP contribution in [0.2, 0.25) is 0 Å². The van der Waals surface area contributed by atoms with Crippen LogP contribution in [0, 0.1) is 5.92 Å². The molecule has 16 heavy (non-hydrogen) atoms. The molecule has 1 N–H and O–H groups in total. The molecule has 0 saturated carbocycles. The van der Waals surface area contributed by atoms with Gasteiger partial charge in [-0.2, -0.15) is 0 Å². The Kier molecular flexibility index (Phi) is 3.87. The highest BCUT2D eigenvalue weighted by atomic mass is 79.9. The van der Waals surface area contributed by atoms with Gasteiger partial charge in [0.15, 0.2) is 0 Å². The Morgan fingerprint density at radius 1 is 1.50 bits per heavy atom. The summed E-state index contributed by atoms with van der Waals surface area (Å²) < 4.78 is 1.09. The number of rotatable bonds is 3. The molecular formula is C13H18BrNO. The molecule has 88 valence electrons. The quantitative estimate of drug-likeness (QED) is 0.919. The van der Waals surface area contributed by atoms with Gasteiger partial charge in [0, 0.05) is 17.6 Å². The van der Waals surface area contributed by atoms with Gasteiger partial charge in [0.05, 0.1) is 0 Å². The highest BCUT2D eigenvalue weighted by molar-refractivity contribution is 9.10. The zero-order valence-electron chi connectivity index (χ0n) is 9.62. The first-order chi connectivity index (χ1) is 7.69. The Morgan fingerprint density at radius 2 is 2.31 bits per heavy atom. The van der Waals surface area contributed by atoms with Gasteiger partial charge in [0.25, 0.3) is 0 Å². The van der Waals surface area contributed by atoms with Gasteiger partial charge in [0.1, 0.15) is 5.75 Å². The second-order valence-electron chi connectivity index (χ2n) is 4.57. The summed E-state index contributed by atoms with van der Waals surface area (Å²) in [5.74, 6) is 1.21. The first kappa shape index (κ1) is 11.9. The van der Waals surface area contributed by atoms with Gasteiger partial charge in [-0.25, -0.2) is 0 Å². The molecule has 0 radical (unpaired) electrons. The molecule has 0 amide bonds. The Labute approximate surface area is 105 Å². The molecular weight excluding hydrogens is 266 g/mol. The summed E-state index contributed by atoms with van der Waals surface area (Å²) in [6.45, 7) is 5.57. The van der Waals surface area contributed by atoms with Crippen molar-refractivity contribution in [2.75, 3.05) is 13.1 Å². The summed E-state index contributed by atoms with van der Waals surface area (Å²) >= 11 is 3.53. The topological polar surface area (TPSA) is 23.5 Å². The lowest BCUT2D eigenvalue weighted by Gasteiger charge is -2.16. The van der Waals surface area contributed by atoms with E-state index in [0.717, 1.165) is 16.9 Å². The number of hydrogen-bond donors (Lipinski definition) is 1. The normalized spacial score (nSPS) is 21.5. The minimum absolute atomic E-state index is 0.351. The fourth-order valence-electron chi connectivity index (χ4n) is 2.31. The lowest BCUT2D eigenvalue weighted by molar-refractivity contribution is 0.314. The van der Waals surface area contributed by atoms with Crippen molar-refractivity contribution in [2.24, 2.45) is 5.92 Å². The fraction of sp³-hybridized carbons (Fsp3) is 0.538. The summed E-state index contributed by atoms with van der Waals surface area (Å²) in [6, 6.07) is 5.48. The van der Waals surface area contributed by atoms with Crippen LogP contribution in [0.3, 0.4) is 0 Å². The predicted octanol–water partition coefficient (Wildman–Crippen LogP) is 3.39. The molecule has 1 unspecified atom stereocenters. The summed E-state index contributed by atoms with van der Waals surface area (Å²) in [5, 5.41) is 9.47. The van der Waals surface area contributed by atoms with Crippen LogP contribution in [0.25, 0.3) is 0 Å². The van der Waals surface area contributed by atoms with Gasteiger partial charge in [-0.1, -0.05) is 29.3 Å². The predicted molar refractivity (Wildman–Crippen MR) is 69.5 cm³/mol. The Bertz CT molecular complexity index is 367. The smallest absolute Gasteiger partial charge is 0.115 e. The second kappa shape index (κ2) is 5.19. The van der Waals surface area contributed by atoms with Crippen molar-refractivity contribution in [1.29, 1.82) is 0 Å². The second-order valence-corrected chi connectivity index (χ2v) is 5.43. The molecule has 0 aromatic heterocycles. The SMILES string of the molecule is CCC1CCN(Cc2cc(O)ccc2Br)C1. The highest BCUT2D eigenvalue weighted by Gasteiger charge is 2.21. The van der Waals surface area contributed by atoms with Crippen LogP contribution in [0.5, 0.6) is 5.75 Å². The number of phenols is 1. The molecule has 1 aliphatic rings. The molecule has 3 heteroatoms. The first-order valence-electron chi connectivity index (χ1n) is 5.88. The summed E-state index contributed by atoms with van der Waals surface area (Å²) in [4.78, 5) is 2.47. The molecule has 1 aliphatic heterocycles. The molecule has 0 bridgehead atoms. The summed E-state index contributed by atoms with van der Waals surface area (Å²) in [6.07, 6.45) is 2.59. The third kappa shape index (κ3) is 2.77. The highest BCUT2D eigenvalue weighted by Crippen LogP contribution is 2.26. The van der Waals surface area contributed by atoms with Crippen molar-refractivity contribution in [3.8, 4) is 5.75 Å². The van der Waals surface area contributed by atoms with Crippen LogP contribution >= 0.6 is 15.9 Å². The van der Waals surface area contributed by atoms with Gasteiger partial charge in [-0.3, -0.25) is 4.90 Å². The van der Waals surface area contributed by atoms with Crippen molar-refractivity contribution in [1.82, 2.24) is 4.90 Å². The van der Waals surface area contributed by atoms with Crippen molar-refractivity contribution in [3.63, 3.8) is 0 Å². The number of halogens is 1. The minimum atomic E-state index is 0.351. The van der Waals surface area contributed by atoms with Crippen molar-refractivity contribution < 1.29 is 5.11 Å². The van der Waals surface area contributed by atoms with E-state index in [1.54, 1.807) is 6.07 Å². The van der Waals surface area contributed by atoms with E-state index in [1.807, 2.05) is 12.1 Å². The molecule has 1 heterocycles. The van der Waals surface area contributed by atoms with Gasteiger partial charge < -0.3 is 5.11 Å². The molecule has 2 nitrogen and oxygen atoms in total. The molecule has 1 aromatic carbocycles. The van der Waals surface area contributed by atoms with E-state index in [1.165, 1.54) is 31.5 Å².